The van der Waals surface area contributed by atoms with Crippen molar-refractivity contribution in [2.75, 3.05) is 30.4 Å². The SMILES string of the molecule is CN(C(=O)c1cccs1)c1ccccc1C(=O)NCCNc1ncccc1C#N. The van der Waals surface area contributed by atoms with E-state index in [1.807, 2.05) is 11.4 Å². The molecule has 0 bridgehead atoms. The lowest BCUT2D eigenvalue weighted by atomic mass is 10.1. The van der Waals surface area contributed by atoms with E-state index in [9.17, 15) is 9.59 Å². The first-order chi connectivity index (χ1) is 14.1. The Morgan fingerprint density at radius 3 is 2.72 bits per heavy atom. The zero-order chi connectivity index (χ0) is 20.6. The summed E-state index contributed by atoms with van der Waals surface area (Å²) in [7, 11) is 1.65. The van der Waals surface area contributed by atoms with Crippen LogP contribution in [0, 0.1) is 11.3 Å². The summed E-state index contributed by atoms with van der Waals surface area (Å²) < 4.78 is 0. The second-order valence-corrected chi connectivity index (χ2v) is 7.00. The molecular weight excluding hydrogens is 386 g/mol. The highest BCUT2D eigenvalue weighted by molar-refractivity contribution is 7.12. The Bertz CT molecular complexity index is 1040. The van der Waals surface area contributed by atoms with Crippen LogP contribution in [0.5, 0.6) is 0 Å². The fourth-order valence-corrected chi connectivity index (χ4v) is 3.42. The van der Waals surface area contributed by atoms with E-state index in [1.54, 1.807) is 55.7 Å². The van der Waals surface area contributed by atoms with E-state index in [0.717, 1.165) is 0 Å². The Morgan fingerprint density at radius 1 is 1.14 bits per heavy atom. The number of aromatic nitrogens is 1. The van der Waals surface area contributed by atoms with Crippen LogP contribution < -0.4 is 15.5 Å². The first-order valence-electron chi connectivity index (χ1n) is 8.89. The lowest BCUT2D eigenvalue weighted by molar-refractivity contribution is 0.0955. The Hall–Kier alpha value is -3.70. The van der Waals surface area contributed by atoms with Gasteiger partial charge in [-0.3, -0.25) is 9.59 Å². The van der Waals surface area contributed by atoms with Crippen LogP contribution in [-0.4, -0.2) is 36.9 Å². The maximum absolute atomic E-state index is 12.7. The molecule has 0 fully saturated rings. The number of carbonyl (C=O) groups excluding carboxylic acids is 2. The van der Waals surface area contributed by atoms with Crippen molar-refractivity contribution in [2.45, 2.75) is 0 Å². The highest BCUT2D eigenvalue weighted by Gasteiger charge is 2.20. The van der Waals surface area contributed by atoms with Gasteiger partial charge in [-0.05, 0) is 35.7 Å². The van der Waals surface area contributed by atoms with Crippen LogP contribution in [0.4, 0.5) is 11.5 Å². The normalized spacial score (nSPS) is 10.1. The third kappa shape index (κ3) is 4.78. The van der Waals surface area contributed by atoms with E-state index in [-0.39, 0.29) is 11.8 Å². The number of pyridine rings is 1. The third-order valence-corrected chi connectivity index (χ3v) is 5.04. The molecule has 0 radical (unpaired) electrons. The topological polar surface area (TPSA) is 98.1 Å². The maximum atomic E-state index is 12.7. The first kappa shape index (κ1) is 20.0. The van der Waals surface area contributed by atoms with E-state index < -0.39 is 0 Å². The molecule has 2 heterocycles. The summed E-state index contributed by atoms with van der Waals surface area (Å²) >= 11 is 1.36. The molecule has 0 atom stereocenters. The van der Waals surface area contributed by atoms with Gasteiger partial charge in [0.2, 0.25) is 0 Å². The predicted molar refractivity (Wildman–Crippen MR) is 113 cm³/mol. The van der Waals surface area contributed by atoms with Gasteiger partial charge in [0.05, 0.1) is 21.7 Å². The minimum absolute atomic E-state index is 0.166. The highest BCUT2D eigenvalue weighted by atomic mass is 32.1. The summed E-state index contributed by atoms with van der Waals surface area (Å²) in [6.07, 6.45) is 1.60. The number of thiophene rings is 1. The van der Waals surface area contributed by atoms with Gasteiger partial charge in [-0.2, -0.15) is 5.26 Å². The number of para-hydroxylation sites is 1. The summed E-state index contributed by atoms with van der Waals surface area (Å²) in [6.45, 7) is 0.737. The molecular formula is C21H19N5O2S. The highest BCUT2D eigenvalue weighted by Crippen LogP contribution is 2.22. The van der Waals surface area contributed by atoms with Crippen molar-refractivity contribution in [3.05, 3.63) is 76.1 Å². The molecule has 3 aromatic rings. The van der Waals surface area contributed by atoms with E-state index in [2.05, 4.69) is 21.7 Å². The Kier molecular flexibility index (Phi) is 6.55. The number of nitrogens with one attached hydrogen (secondary N) is 2. The van der Waals surface area contributed by atoms with Gasteiger partial charge in [-0.1, -0.05) is 18.2 Å². The largest absolute Gasteiger partial charge is 0.367 e. The maximum Gasteiger partial charge on any atom is 0.268 e. The van der Waals surface area contributed by atoms with Crippen molar-refractivity contribution >= 4 is 34.7 Å². The number of hydrogen-bond acceptors (Lipinski definition) is 6. The molecule has 0 spiro atoms. The molecule has 146 valence electrons. The zero-order valence-electron chi connectivity index (χ0n) is 15.8. The Labute approximate surface area is 172 Å². The summed E-state index contributed by atoms with van der Waals surface area (Å²) in [5.74, 6) is 0.0294. The van der Waals surface area contributed by atoms with Crippen LogP contribution in [0.25, 0.3) is 0 Å². The molecule has 2 amide bonds. The number of nitrogens with zero attached hydrogens (tertiary/aromatic N) is 3. The van der Waals surface area contributed by atoms with Crippen LogP contribution in [0.15, 0.2) is 60.1 Å². The van der Waals surface area contributed by atoms with Crippen LogP contribution >= 0.6 is 11.3 Å². The molecule has 1 aromatic carbocycles. The van der Waals surface area contributed by atoms with E-state index in [1.165, 1.54) is 16.2 Å². The second-order valence-electron chi connectivity index (χ2n) is 6.05. The van der Waals surface area contributed by atoms with Crippen LogP contribution in [0.3, 0.4) is 0 Å². The molecule has 8 heteroatoms. The van der Waals surface area contributed by atoms with Gasteiger partial charge in [0.25, 0.3) is 11.8 Å². The monoisotopic (exact) mass is 405 g/mol. The van der Waals surface area contributed by atoms with Gasteiger partial charge in [0, 0.05) is 26.3 Å². The van der Waals surface area contributed by atoms with Gasteiger partial charge >= 0.3 is 0 Å². The van der Waals surface area contributed by atoms with Gasteiger partial charge < -0.3 is 15.5 Å². The molecule has 0 saturated carbocycles. The molecule has 0 aliphatic heterocycles. The standard InChI is InChI=1S/C21H19N5O2S/c1-26(21(28)18-9-5-13-29-18)17-8-3-2-7-16(17)20(27)25-12-11-24-19-15(14-22)6-4-10-23-19/h2-10,13H,11-12H2,1H3,(H,23,24)(H,25,27). The molecule has 7 nitrogen and oxygen atoms in total. The Morgan fingerprint density at radius 2 is 1.97 bits per heavy atom. The molecule has 2 N–H and O–H groups in total. The molecule has 29 heavy (non-hydrogen) atoms. The van der Waals surface area contributed by atoms with E-state index in [0.29, 0.717) is 40.6 Å². The van der Waals surface area contributed by atoms with Crippen molar-refractivity contribution in [3.8, 4) is 6.07 Å². The number of carbonyl (C=O) groups is 2. The van der Waals surface area contributed by atoms with Crippen LogP contribution in [-0.2, 0) is 0 Å². The fourth-order valence-electron chi connectivity index (χ4n) is 2.72. The number of amides is 2. The van der Waals surface area contributed by atoms with Gasteiger partial charge in [-0.15, -0.1) is 11.3 Å². The van der Waals surface area contributed by atoms with Gasteiger partial charge in [-0.25, -0.2) is 4.98 Å². The average molecular weight is 405 g/mol. The van der Waals surface area contributed by atoms with E-state index >= 15 is 0 Å². The minimum Gasteiger partial charge on any atom is -0.367 e. The van der Waals surface area contributed by atoms with E-state index in [4.69, 9.17) is 5.26 Å². The zero-order valence-corrected chi connectivity index (χ0v) is 16.6. The summed E-state index contributed by atoms with van der Waals surface area (Å²) in [5, 5.41) is 16.8. The quantitative estimate of drug-likeness (QED) is 0.589. The fraction of sp³-hybridized carbons (Fsp3) is 0.143. The number of rotatable bonds is 7. The molecule has 0 aliphatic carbocycles. The first-order valence-corrected chi connectivity index (χ1v) is 9.77. The summed E-state index contributed by atoms with van der Waals surface area (Å²) in [5.41, 5.74) is 1.39. The lowest BCUT2D eigenvalue weighted by Gasteiger charge is -2.20. The molecule has 0 aliphatic rings. The van der Waals surface area contributed by atoms with Crippen LogP contribution in [0.1, 0.15) is 25.6 Å². The Balaban J connectivity index is 1.63. The van der Waals surface area contributed by atoms with Crippen molar-refractivity contribution in [1.82, 2.24) is 10.3 Å². The second kappa shape index (κ2) is 9.48. The third-order valence-electron chi connectivity index (χ3n) is 4.18. The molecule has 2 aromatic heterocycles. The molecule has 0 saturated heterocycles. The van der Waals surface area contributed by atoms with Crippen molar-refractivity contribution in [2.24, 2.45) is 0 Å². The smallest absolute Gasteiger partial charge is 0.268 e. The van der Waals surface area contributed by atoms with Crippen molar-refractivity contribution < 1.29 is 9.59 Å². The van der Waals surface area contributed by atoms with Crippen molar-refractivity contribution in [1.29, 1.82) is 5.26 Å². The lowest BCUT2D eigenvalue weighted by Crippen LogP contribution is -2.32. The number of anilines is 2. The predicted octanol–water partition coefficient (Wildman–Crippen LogP) is 3.13. The number of benzene rings is 1. The molecule has 0 unspecified atom stereocenters. The number of hydrogen-bond donors (Lipinski definition) is 2. The van der Waals surface area contributed by atoms with Crippen molar-refractivity contribution in [3.63, 3.8) is 0 Å². The van der Waals surface area contributed by atoms with Gasteiger partial charge in [0.1, 0.15) is 11.9 Å². The number of nitriles is 1. The minimum atomic E-state index is -0.283. The molecule has 3 rings (SSSR count). The summed E-state index contributed by atoms with van der Waals surface area (Å²) in [6, 6.07) is 16.0. The summed E-state index contributed by atoms with van der Waals surface area (Å²) in [4.78, 5) is 31.5. The average Bonchev–Trinajstić information content (AvgIpc) is 3.30. The van der Waals surface area contributed by atoms with Gasteiger partial charge in [0.15, 0.2) is 0 Å². The van der Waals surface area contributed by atoms with Crippen LogP contribution in [0.2, 0.25) is 0 Å².